The number of amides is 1. The number of aromatic nitrogens is 4. The Morgan fingerprint density at radius 2 is 1.60 bits per heavy atom. The number of hydrogen-bond donors (Lipinski definition) is 1. The number of anilines is 1. The molecule has 1 saturated heterocycles. The Balaban J connectivity index is 1.54. The van der Waals surface area contributed by atoms with Crippen LogP contribution in [0.25, 0.3) is 11.0 Å². The first-order chi connectivity index (χ1) is 19.8. The van der Waals surface area contributed by atoms with Gasteiger partial charge in [0.1, 0.15) is 21.4 Å². The largest absolute Gasteiger partial charge is 0.444 e. The van der Waals surface area contributed by atoms with Gasteiger partial charge in [-0.25, -0.2) is 19.4 Å². The van der Waals surface area contributed by atoms with Crippen LogP contribution in [0.5, 0.6) is 0 Å². The molecule has 42 heavy (non-hydrogen) atoms. The van der Waals surface area contributed by atoms with Gasteiger partial charge in [-0.05, 0) is 65.2 Å². The van der Waals surface area contributed by atoms with Crippen molar-refractivity contribution in [1.29, 1.82) is 0 Å². The SMILES string of the molecule is CC(C)(C)OC(=O)N1C[C@@H](n2nc(I)c3c(N)ncnc32)C[C@H]1CO[Si](c1ccccc1)(c1ccccc1)C(C)(C)C. The van der Waals surface area contributed by atoms with Crippen LogP contribution in [0.15, 0.2) is 67.0 Å². The van der Waals surface area contributed by atoms with Gasteiger partial charge in [-0.15, -0.1) is 0 Å². The molecule has 1 amide bonds. The van der Waals surface area contributed by atoms with Gasteiger partial charge in [-0.1, -0.05) is 81.4 Å². The lowest BCUT2D eigenvalue weighted by molar-refractivity contribution is 0.0180. The van der Waals surface area contributed by atoms with E-state index in [1.807, 2.05) is 37.6 Å². The molecule has 2 aromatic carbocycles. The minimum absolute atomic E-state index is 0.134. The summed E-state index contributed by atoms with van der Waals surface area (Å²) in [5.74, 6) is 0.393. The molecule has 2 aromatic heterocycles. The van der Waals surface area contributed by atoms with Crippen molar-refractivity contribution in [2.45, 2.75) is 70.7 Å². The molecule has 2 N–H and O–H groups in total. The number of ether oxygens (including phenoxy) is 1. The highest BCUT2D eigenvalue weighted by Crippen LogP contribution is 2.39. The lowest BCUT2D eigenvalue weighted by atomic mass is 10.2. The van der Waals surface area contributed by atoms with Crippen molar-refractivity contribution in [3.63, 3.8) is 0 Å². The van der Waals surface area contributed by atoms with Crippen LogP contribution in [0.2, 0.25) is 5.04 Å². The summed E-state index contributed by atoms with van der Waals surface area (Å²) in [6.45, 7) is 13.2. The number of nitrogen functional groups attached to an aromatic ring is 1. The smallest absolute Gasteiger partial charge is 0.410 e. The van der Waals surface area contributed by atoms with Crippen molar-refractivity contribution in [2.75, 3.05) is 18.9 Å². The average Bonchev–Trinajstić information content (AvgIpc) is 3.50. The first-order valence-corrected chi connectivity index (χ1v) is 17.2. The Bertz CT molecular complexity index is 1510. The second-order valence-corrected chi connectivity index (χ2v) is 18.2. The van der Waals surface area contributed by atoms with E-state index in [0.29, 0.717) is 31.0 Å². The monoisotopic (exact) mass is 698 g/mol. The first kappa shape index (κ1) is 30.4. The third-order valence-corrected chi connectivity index (χ3v) is 13.5. The molecule has 222 valence electrons. The van der Waals surface area contributed by atoms with Crippen LogP contribution >= 0.6 is 22.6 Å². The van der Waals surface area contributed by atoms with Crippen molar-refractivity contribution < 1.29 is 14.0 Å². The minimum Gasteiger partial charge on any atom is -0.444 e. The molecule has 0 spiro atoms. The summed E-state index contributed by atoms with van der Waals surface area (Å²) in [7, 11) is -2.82. The molecule has 0 radical (unpaired) electrons. The van der Waals surface area contributed by atoms with E-state index in [9.17, 15) is 4.79 Å². The predicted molar refractivity (Wildman–Crippen MR) is 176 cm³/mol. The highest BCUT2D eigenvalue weighted by Gasteiger charge is 2.51. The number of benzene rings is 2. The summed E-state index contributed by atoms with van der Waals surface area (Å²) in [6.07, 6.45) is 1.73. The summed E-state index contributed by atoms with van der Waals surface area (Å²) in [5.41, 5.74) is 6.21. The fourth-order valence-electron chi connectivity index (χ4n) is 5.96. The van der Waals surface area contributed by atoms with Crippen LogP contribution in [0, 0.1) is 3.70 Å². The van der Waals surface area contributed by atoms with Gasteiger partial charge in [-0.2, -0.15) is 5.10 Å². The van der Waals surface area contributed by atoms with Crippen LogP contribution in [-0.2, 0) is 9.16 Å². The molecule has 0 aliphatic carbocycles. The minimum atomic E-state index is -2.82. The Hall–Kier alpha value is -3.03. The number of carbonyl (C=O) groups excluding carboxylic acids is 1. The molecule has 2 atom stereocenters. The first-order valence-electron chi connectivity index (χ1n) is 14.2. The standard InChI is InChI=1S/C31H39IN6O3Si/c1-30(2,3)41-29(39)37-18-21(38-28-25(26(32)36-38)27(33)34-20-35-28)17-22(37)19-40-42(31(4,5)6,23-13-9-7-10-14-23)24-15-11-8-12-16-24/h7-16,20-22H,17-19H2,1-6H3,(H2,33,34,35)/t21-,22-/m0/s1. The van der Waals surface area contributed by atoms with Crippen molar-refractivity contribution in [1.82, 2.24) is 24.6 Å². The lowest BCUT2D eigenvalue weighted by Crippen LogP contribution is -2.67. The van der Waals surface area contributed by atoms with E-state index < -0.39 is 13.9 Å². The number of nitrogens with zero attached hydrogens (tertiary/aromatic N) is 5. The Kier molecular flexibility index (Phi) is 8.38. The second kappa shape index (κ2) is 11.6. The molecule has 11 heteroatoms. The Labute approximate surface area is 262 Å². The van der Waals surface area contributed by atoms with Gasteiger partial charge >= 0.3 is 6.09 Å². The number of hydrogen-bond acceptors (Lipinski definition) is 7. The van der Waals surface area contributed by atoms with Crippen molar-refractivity contribution in [3.8, 4) is 0 Å². The second-order valence-electron chi connectivity index (χ2n) is 12.8. The summed E-state index contributed by atoms with van der Waals surface area (Å²) >= 11 is 2.17. The van der Waals surface area contributed by atoms with Gasteiger partial charge in [0, 0.05) is 6.54 Å². The molecular weight excluding hydrogens is 659 g/mol. The number of halogens is 1. The van der Waals surface area contributed by atoms with E-state index in [0.717, 1.165) is 9.09 Å². The topological polar surface area (TPSA) is 108 Å². The number of fused-ring (bicyclic) bond motifs is 1. The number of carbonyl (C=O) groups is 1. The van der Waals surface area contributed by atoms with Crippen molar-refractivity contribution >= 4 is 64.2 Å². The molecule has 0 saturated carbocycles. The zero-order valence-electron chi connectivity index (χ0n) is 25.0. The van der Waals surface area contributed by atoms with E-state index in [2.05, 4.69) is 102 Å². The van der Waals surface area contributed by atoms with Crippen LogP contribution in [0.4, 0.5) is 10.6 Å². The molecule has 4 aromatic rings. The molecule has 3 heterocycles. The highest BCUT2D eigenvalue weighted by molar-refractivity contribution is 14.1. The molecule has 1 aliphatic rings. The summed E-state index contributed by atoms with van der Waals surface area (Å²) in [6, 6.07) is 20.7. The predicted octanol–water partition coefficient (Wildman–Crippen LogP) is 5.14. The van der Waals surface area contributed by atoms with E-state index in [4.69, 9.17) is 20.0 Å². The average molecular weight is 699 g/mol. The molecule has 1 aliphatic heterocycles. The van der Waals surface area contributed by atoms with Gasteiger partial charge in [0.15, 0.2) is 5.65 Å². The molecule has 5 rings (SSSR count). The summed E-state index contributed by atoms with van der Waals surface area (Å²) in [4.78, 5) is 24.1. The van der Waals surface area contributed by atoms with Gasteiger partial charge < -0.3 is 19.8 Å². The third kappa shape index (κ3) is 5.78. The van der Waals surface area contributed by atoms with Gasteiger partial charge in [0.2, 0.25) is 0 Å². The van der Waals surface area contributed by atoms with E-state index in [-0.39, 0.29) is 23.2 Å². The van der Waals surface area contributed by atoms with Crippen molar-refractivity contribution in [2.24, 2.45) is 0 Å². The fraction of sp³-hybridized carbons (Fsp3) is 0.419. The Morgan fingerprint density at radius 1 is 1.00 bits per heavy atom. The molecule has 0 bridgehead atoms. The fourth-order valence-corrected chi connectivity index (χ4v) is 11.3. The Morgan fingerprint density at radius 3 is 2.14 bits per heavy atom. The summed E-state index contributed by atoms with van der Waals surface area (Å²) in [5, 5.41) is 7.72. The van der Waals surface area contributed by atoms with Gasteiger partial charge in [0.05, 0.1) is 24.1 Å². The quantitative estimate of drug-likeness (QED) is 0.220. The van der Waals surface area contributed by atoms with Crippen LogP contribution < -0.4 is 16.1 Å². The van der Waals surface area contributed by atoms with E-state index in [1.165, 1.54) is 16.7 Å². The third-order valence-electron chi connectivity index (χ3n) is 7.75. The number of likely N-dealkylation sites (tertiary alicyclic amines) is 1. The van der Waals surface area contributed by atoms with Crippen LogP contribution in [-0.4, -0.2) is 63.9 Å². The summed E-state index contributed by atoms with van der Waals surface area (Å²) < 4.78 is 15.8. The lowest BCUT2D eigenvalue weighted by Gasteiger charge is -2.44. The zero-order valence-corrected chi connectivity index (χ0v) is 28.2. The van der Waals surface area contributed by atoms with Crippen LogP contribution in [0.3, 0.4) is 0 Å². The normalized spacial score (nSPS) is 18.0. The molecule has 9 nitrogen and oxygen atoms in total. The van der Waals surface area contributed by atoms with Crippen LogP contribution in [0.1, 0.15) is 54.0 Å². The van der Waals surface area contributed by atoms with Gasteiger partial charge in [0.25, 0.3) is 8.32 Å². The zero-order chi connectivity index (χ0) is 30.3. The molecule has 1 fully saturated rings. The maximum atomic E-state index is 13.6. The highest BCUT2D eigenvalue weighted by atomic mass is 127. The van der Waals surface area contributed by atoms with Gasteiger partial charge in [-0.3, -0.25) is 0 Å². The maximum Gasteiger partial charge on any atom is 0.410 e. The maximum absolute atomic E-state index is 13.6. The van der Waals surface area contributed by atoms with E-state index >= 15 is 0 Å². The number of nitrogens with two attached hydrogens (primary N) is 1. The number of rotatable bonds is 6. The van der Waals surface area contributed by atoms with Crippen molar-refractivity contribution in [3.05, 3.63) is 70.7 Å². The molecule has 0 unspecified atom stereocenters. The molecular formula is C31H39IN6O3Si. The van der Waals surface area contributed by atoms with E-state index in [1.54, 1.807) is 4.90 Å².